The van der Waals surface area contributed by atoms with E-state index in [-0.39, 0.29) is 0 Å². The van der Waals surface area contributed by atoms with Gasteiger partial charge < -0.3 is 30.3 Å². The Hall–Kier alpha value is -0.900. The third kappa shape index (κ3) is 0.549. The summed E-state index contributed by atoms with van der Waals surface area (Å²) in [6.45, 7) is -0.893. The van der Waals surface area contributed by atoms with Gasteiger partial charge in [0.1, 0.15) is 6.10 Å². The maximum absolute atomic E-state index is 11.3. The molecule has 0 aromatic heterocycles. The number of rotatable bonds is 1. The summed E-state index contributed by atoms with van der Waals surface area (Å²) in [6, 6.07) is 0. The standard InChI is InChI=1S/C8H8O8/c9-1-2-5(12)3(10)6(5,13)7(14)4(11)8(7,15)16-2/h2,9,12-15H,1H2/t2-,5-,6+,7+,8?/m1/s1. The second kappa shape index (κ2) is 2.08. The zero-order valence-electron chi connectivity index (χ0n) is 7.75. The highest BCUT2D eigenvalue weighted by atomic mass is 16.7. The van der Waals surface area contributed by atoms with Crippen molar-refractivity contribution in [1.29, 1.82) is 0 Å². The summed E-state index contributed by atoms with van der Waals surface area (Å²) in [5.41, 5.74) is -8.18. The van der Waals surface area contributed by atoms with Crippen molar-refractivity contribution < 1.29 is 39.9 Å². The van der Waals surface area contributed by atoms with E-state index in [1.54, 1.807) is 0 Å². The Balaban J connectivity index is 2.18. The molecule has 0 bridgehead atoms. The number of ether oxygens (including phenoxy) is 1. The molecule has 0 amide bonds. The van der Waals surface area contributed by atoms with E-state index in [1.807, 2.05) is 0 Å². The zero-order chi connectivity index (χ0) is 12.1. The first kappa shape index (κ1) is 10.3. The highest BCUT2D eigenvalue weighted by Crippen LogP contribution is 2.68. The van der Waals surface area contributed by atoms with Gasteiger partial charge in [-0.15, -0.1) is 0 Å². The van der Waals surface area contributed by atoms with Crippen LogP contribution in [0.15, 0.2) is 0 Å². The van der Waals surface area contributed by atoms with Crippen LogP contribution in [0, 0.1) is 0 Å². The Labute approximate surface area is 87.7 Å². The minimum Gasteiger partial charge on any atom is -0.394 e. The molecule has 88 valence electrons. The molecule has 5 N–H and O–H groups in total. The molecule has 2 aliphatic carbocycles. The van der Waals surface area contributed by atoms with Gasteiger partial charge in [-0.05, 0) is 0 Å². The quantitative estimate of drug-likeness (QED) is 0.304. The maximum atomic E-state index is 11.3. The van der Waals surface area contributed by atoms with E-state index >= 15 is 0 Å². The van der Waals surface area contributed by atoms with Crippen molar-refractivity contribution in [2.24, 2.45) is 0 Å². The first-order chi connectivity index (χ1) is 7.23. The third-order valence-corrected chi connectivity index (χ3v) is 3.70. The highest BCUT2D eigenvalue weighted by molar-refractivity contribution is 6.29. The first-order valence-corrected chi connectivity index (χ1v) is 4.51. The number of carbonyl (C=O) groups excluding carboxylic acids is 2. The molecule has 2 saturated carbocycles. The van der Waals surface area contributed by atoms with Crippen LogP contribution in [0.2, 0.25) is 0 Å². The van der Waals surface area contributed by atoms with Crippen molar-refractivity contribution in [2.45, 2.75) is 28.7 Å². The lowest BCUT2D eigenvalue weighted by Crippen LogP contribution is -2.58. The van der Waals surface area contributed by atoms with Gasteiger partial charge in [-0.25, -0.2) is 0 Å². The van der Waals surface area contributed by atoms with E-state index in [2.05, 4.69) is 4.74 Å². The Morgan fingerprint density at radius 2 is 1.62 bits per heavy atom. The Morgan fingerprint density at radius 3 is 2.12 bits per heavy atom. The fourth-order valence-corrected chi connectivity index (χ4v) is 2.53. The summed E-state index contributed by atoms with van der Waals surface area (Å²) in [6.07, 6.45) is -1.65. The molecule has 1 aliphatic heterocycles. The van der Waals surface area contributed by atoms with E-state index in [9.17, 15) is 30.0 Å². The number of carbonyl (C=O) groups is 2. The van der Waals surface area contributed by atoms with Gasteiger partial charge in [-0.1, -0.05) is 0 Å². The summed E-state index contributed by atoms with van der Waals surface area (Å²) in [7, 11) is 0. The summed E-state index contributed by atoms with van der Waals surface area (Å²) in [5, 5.41) is 47.5. The normalized spacial score (nSPS) is 62.7. The molecule has 3 rings (SSSR count). The van der Waals surface area contributed by atoms with E-state index < -0.39 is 46.9 Å². The van der Waals surface area contributed by atoms with Crippen molar-refractivity contribution in [1.82, 2.24) is 0 Å². The molecule has 1 unspecified atom stereocenters. The van der Waals surface area contributed by atoms with Crippen LogP contribution >= 0.6 is 0 Å². The second-order valence-corrected chi connectivity index (χ2v) is 4.28. The number of fused-ring (bicyclic) bond motifs is 3. The van der Waals surface area contributed by atoms with Gasteiger partial charge in [0.2, 0.25) is 22.8 Å². The number of hydrogen-bond donors (Lipinski definition) is 5. The fourth-order valence-electron chi connectivity index (χ4n) is 2.53. The summed E-state index contributed by atoms with van der Waals surface area (Å²) in [5.74, 6) is -5.28. The average molecular weight is 232 g/mol. The molecule has 16 heavy (non-hydrogen) atoms. The fraction of sp³-hybridized carbons (Fsp3) is 0.750. The summed E-state index contributed by atoms with van der Waals surface area (Å²) < 4.78 is 4.58. The van der Waals surface area contributed by atoms with E-state index in [4.69, 9.17) is 5.11 Å². The van der Waals surface area contributed by atoms with Gasteiger partial charge in [0.05, 0.1) is 6.61 Å². The molecule has 1 heterocycles. The average Bonchev–Trinajstić information content (AvgIpc) is 2.90. The Bertz CT molecular complexity index is 447. The smallest absolute Gasteiger partial charge is 0.271 e. The van der Waals surface area contributed by atoms with Crippen molar-refractivity contribution in [3.05, 3.63) is 0 Å². The minimum absolute atomic E-state index is 0.893. The molecule has 0 aromatic carbocycles. The predicted octanol–water partition coefficient (Wildman–Crippen LogP) is -4.58. The number of ketones is 2. The van der Waals surface area contributed by atoms with Crippen LogP contribution in [-0.4, -0.2) is 72.4 Å². The molecule has 8 nitrogen and oxygen atoms in total. The van der Waals surface area contributed by atoms with Crippen molar-refractivity contribution in [3.63, 3.8) is 0 Å². The van der Waals surface area contributed by atoms with Crippen molar-refractivity contribution >= 4 is 11.6 Å². The molecule has 5 atom stereocenters. The van der Waals surface area contributed by atoms with Gasteiger partial charge in [-0.3, -0.25) is 9.59 Å². The number of hydrogen-bond acceptors (Lipinski definition) is 8. The molecule has 8 heteroatoms. The van der Waals surface area contributed by atoms with Gasteiger partial charge in [0.15, 0.2) is 5.60 Å². The van der Waals surface area contributed by atoms with Gasteiger partial charge >= 0.3 is 0 Å². The monoisotopic (exact) mass is 232 g/mol. The van der Waals surface area contributed by atoms with Crippen LogP contribution in [-0.2, 0) is 14.3 Å². The zero-order valence-corrected chi connectivity index (χ0v) is 7.75. The molecular formula is C8H8O8. The van der Waals surface area contributed by atoms with Crippen molar-refractivity contribution in [2.75, 3.05) is 6.61 Å². The number of aliphatic hydroxyl groups excluding tert-OH is 1. The molecule has 0 spiro atoms. The summed E-state index contributed by atoms with van der Waals surface area (Å²) in [4.78, 5) is 22.6. The molecule has 1 saturated heterocycles. The highest BCUT2D eigenvalue weighted by Gasteiger charge is 3.05. The van der Waals surface area contributed by atoms with Crippen LogP contribution in [0.25, 0.3) is 0 Å². The lowest BCUT2D eigenvalue weighted by molar-refractivity contribution is -0.288. The molecule has 3 aliphatic rings. The predicted molar refractivity (Wildman–Crippen MR) is 41.8 cm³/mol. The lowest BCUT2D eigenvalue weighted by Gasteiger charge is -2.32. The molecular weight excluding hydrogens is 224 g/mol. The Morgan fingerprint density at radius 1 is 1.06 bits per heavy atom. The van der Waals surface area contributed by atoms with Gasteiger partial charge in [0, 0.05) is 0 Å². The topological polar surface area (TPSA) is 145 Å². The molecule has 0 aromatic rings. The Kier molecular flexibility index (Phi) is 1.34. The maximum Gasteiger partial charge on any atom is 0.271 e. The first-order valence-electron chi connectivity index (χ1n) is 4.51. The van der Waals surface area contributed by atoms with E-state index in [0.717, 1.165) is 0 Å². The number of Topliss-reactive ketones (excluding diaryl/α,β-unsaturated/α-hetero) is 2. The number of aliphatic hydroxyl groups is 5. The van der Waals surface area contributed by atoms with Gasteiger partial charge in [-0.2, -0.15) is 0 Å². The lowest BCUT2D eigenvalue weighted by atomic mass is 9.98. The van der Waals surface area contributed by atoms with Crippen LogP contribution in [0.5, 0.6) is 0 Å². The van der Waals surface area contributed by atoms with Crippen LogP contribution < -0.4 is 0 Å². The van der Waals surface area contributed by atoms with Crippen LogP contribution in [0.1, 0.15) is 0 Å². The SMILES string of the molecule is O=C1C2(O)O[C@H](CO)[C@@]3(O)C(=O)[C@@]3(O)[C@@]12O. The van der Waals surface area contributed by atoms with Crippen LogP contribution in [0.4, 0.5) is 0 Å². The van der Waals surface area contributed by atoms with Crippen LogP contribution in [0.3, 0.4) is 0 Å². The minimum atomic E-state index is -2.84. The summed E-state index contributed by atoms with van der Waals surface area (Å²) >= 11 is 0. The molecule has 3 fully saturated rings. The molecule has 0 radical (unpaired) electrons. The third-order valence-electron chi connectivity index (χ3n) is 3.70. The van der Waals surface area contributed by atoms with Gasteiger partial charge in [0.25, 0.3) is 5.79 Å². The largest absolute Gasteiger partial charge is 0.394 e. The van der Waals surface area contributed by atoms with Crippen molar-refractivity contribution in [3.8, 4) is 0 Å². The van der Waals surface area contributed by atoms with E-state index in [0.29, 0.717) is 0 Å². The van der Waals surface area contributed by atoms with E-state index in [1.165, 1.54) is 0 Å². The second-order valence-electron chi connectivity index (χ2n) is 4.28.